The van der Waals surface area contributed by atoms with E-state index < -0.39 is 18.1 Å². The van der Waals surface area contributed by atoms with Crippen LogP contribution in [0, 0.1) is 0 Å². The van der Waals surface area contributed by atoms with E-state index in [0.29, 0.717) is 4.47 Å². The highest BCUT2D eigenvalue weighted by molar-refractivity contribution is 9.10. The predicted molar refractivity (Wildman–Crippen MR) is 56.1 cm³/mol. The van der Waals surface area contributed by atoms with E-state index in [2.05, 4.69) is 20.9 Å². The molecule has 4 nitrogen and oxygen atoms in total. The molecule has 0 aromatic carbocycles. The third kappa shape index (κ3) is 2.96. The molecule has 1 heterocycles. The molecule has 0 saturated heterocycles. The van der Waals surface area contributed by atoms with Crippen molar-refractivity contribution in [3.8, 4) is 0 Å². The Balaban J connectivity index is 3.24. The molecule has 3 N–H and O–H groups in total. The number of rotatable bonds is 4. The number of carbonyl (C=O) groups is 1. The molecular formula is C9H9BrF2N2O2. The maximum absolute atomic E-state index is 12.5. The second-order valence-corrected chi connectivity index (χ2v) is 3.84. The quantitative estimate of drug-likeness (QED) is 0.889. The summed E-state index contributed by atoms with van der Waals surface area (Å²) in [6.45, 7) is -0.0340. The third-order valence-corrected chi connectivity index (χ3v) is 2.85. The minimum Gasteiger partial charge on any atom is -0.481 e. The summed E-state index contributed by atoms with van der Waals surface area (Å²) in [5.41, 5.74) is 5.36. The summed E-state index contributed by atoms with van der Waals surface area (Å²) in [7, 11) is 0. The average molecular weight is 295 g/mol. The number of halogens is 3. The molecule has 0 saturated carbocycles. The Morgan fingerprint density at radius 3 is 2.69 bits per heavy atom. The Morgan fingerprint density at radius 1 is 1.62 bits per heavy atom. The van der Waals surface area contributed by atoms with E-state index in [-0.39, 0.29) is 24.2 Å². The normalized spacial score (nSPS) is 10.8. The van der Waals surface area contributed by atoms with Crippen molar-refractivity contribution in [1.82, 2.24) is 4.98 Å². The van der Waals surface area contributed by atoms with E-state index in [1.807, 2.05) is 0 Å². The van der Waals surface area contributed by atoms with Gasteiger partial charge in [0.1, 0.15) is 5.69 Å². The van der Waals surface area contributed by atoms with Gasteiger partial charge in [0.2, 0.25) is 0 Å². The summed E-state index contributed by atoms with van der Waals surface area (Å²) >= 11 is 3.10. The van der Waals surface area contributed by atoms with Crippen LogP contribution in [0.4, 0.5) is 8.78 Å². The van der Waals surface area contributed by atoms with Gasteiger partial charge in [0.05, 0.1) is 12.1 Å². The molecule has 0 aliphatic carbocycles. The van der Waals surface area contributed by atoms with Crippen molar-refractivity contribution in [3.63, 3.8) is 0 Å². The van der Waals surface area contributed by atoms with Gasteiger partial charge in [-0.3, -0.25) is 4.79 Å². The molecule has 0 bridgehead atoms. The zero-order chi connectivity index (χ0) is 12.3. The molecule has 88 valence electrons. The standard InChI is InChI=1S/C9H9BrF2N2O2/c10-8-4(2-7(15)16)1-5(9(11)12)14-6(8)3-13/h1,9H,2-3,13H2,(H,15,16). The van der Waals surface area contributed by atoms with Gasteiger partial charge in [-0.05, 0) is 27.6 Å². The van der Waals surface area contributed by atoms with Gasteiger partial charge in [0.15, 0.2) is 0 Å². The van der Waals surface area contributed by atoms with Gasteiger partial charge in [-0.25, -0.2) is 13.8 Å². The van der Waals surface area contributed by atoms with Crippen molar-refractivity contribution in [2.24, 2.45) is 5.73 Å². The molecule has 0 spiro atoms. The number of nitrogens with two attached hydrogens (primary N) is 1. The molecule has 0 atom stereocenters. The molecule has 1 rings (SSSR count). The number of alkyl halides is 2. The molecule has 7 heteroatoms. The van der Waals surface area contributed by atoms with Crippen LogP contribution in [0.15, 0.2) is 10.5 Å². The number of nitrogens with zero attached hydrogens (tertiary/aromatic N) is 1. The van der Waals surface area contributed by atoms with E-state index in [0.717, 1.165) is 6.07 Å². The maximum Gasteiger partial charge on any atom is 0.307 e. The first-order chi connectivity index (χ1) is 7.45. The van der Waals surface area contributed by atoms with Crippen molar-refractivity contribution in [2.45, 2.75) is 19.4 Å². The van der Waals surface area contributed by atoms with Gasteiger partial charge in [0.25, 0.3) is 6.43 Å². The first kappa shape index (κ1) is 13.0. The van der Waals surface area contributed by atoms with Crippen LogP contribution in [-0.2, 0) is 17.8 Å². The first-order valence-corrected chi connectivity index (χ1v) is 5.13. The fourth-order valence-corrected chi connectivity index (χ4v) is 1.71. The van der Waals surface area contributed by atoms with Crippen molar-refractivity contribution in [2.75, 3.05) is 0 Å². The third-order valence-electron chi connectivity index (χ3n) is 1.88. The summed E-state index contributed by atoms with van der Waals surface area (Å²) in [4.78, 5) is 14.2. The van der Waals surface area contributed by atoms with Crippen molar-refractivity contribution < 1.29 is 18.7 Å². The number of aromatic nitrogens is 1. The SMILES string of the molecule is NCc1nc(C(F)F)cc(CC(=O)O)c1Br. The van der Waals surface area contributed by atoms with E-state index in [1.165, 1.54) is 0 Å². The second kappa shape index (κ2) is 5.31. The van der Waals surface area contributed by atoms with Gasteiger partial charge in [0, 0.05) is 11.0 Å². The number of aliphatic carboxylic acids is 1. The molecule has 16 heavy (non-hydrogen) atoms. The molecular weight excluding hydrogens is 286 g/mol. The summed E-state index contributed by atoms with van der Waals surface area (Å²) in [6, 6.07) is 1.07. The van der Waals surface area contributed by atoms with Gasteiger partial charge < -0.3 is 10.8 Å². The minimum absolute atomic E-state index is 0.0340. The summed E-state index contributed by atoms with van der Waals surface area (Å²) in [5, 5.41) is 8.62. The predicted octanol–water partition coefficient (Wildman–Crippen LogP) is 1.87. The van der Waals surface area contributed by atoms with E-state index in [4.69, 9.17) is 10.8 Å². The Hall–Kier alpha value is -1.08. The number of hydrogen-bond acceptors (Lipinski definition) is 3. The molecule has 0 radical (unpaired) electrons. The topological polar surface area (TPSA) is 76.2 Å². The van der Waals surface area contributed by atoms with Gasteiger partial charge in [-0.2, -0.15) is 0 Å². The molecule has 0 aliphatic heterocycles. The van der Waals surface area contributed by atoms with Crippen LogP contribution in [0.1, 0.15) is 23.4 Å². The monoisotopic (exact) mass is 294 g/mol. The summed E-state index contributed by atoms with van der Waals surface area (Å²) in [5.74, 6) is -1.10. The van der Waals surface area contributed by atoms with Crippen LogP contribution in [0.5, 0.6) is 0 Å². The lowest BCUT2D eigenvalue weighted by atomic mass is 10.1. The zero-order valence-electron chi connectivity index (χ0n) is 8.08. The fraction of sp³-hybridized carbons (Fsp3) is 0.333. The highest BCUT2D eigenvalue weighted by Gasteiger charge is 2.16. The minimum atomic E-state index is -2.74. The number of pyridine rings is 1. The van der Waals surface area contributed by atoms with E-state index in [9.17, 15) is 13.6 Å². The number of carboxylic acids is 1. The van der Waals surface area contributed by atoms with Crippen LogP contribution in [0.2, 0.25) is 0 Å². The van der Waals surface area contributed by atoms with Crippen molar-refractivity contribution in [3.05, 3.63) is 27.5 Å². The molecule has 0 amide bonds. The Kier molecular flexibility index (Phi) is 4.31. The Bertz CT molecular complexity index is 413. The Labute approximate surface area is 98.6 Å². The molecule has 1 aromatic rings. The highest BCUT2D eigenvalue weighted by Crippen LogP contribution is 2.26. The second-order valence-electron chi connectivity index (χ2n) is 3.04. The molecule has 0 unspecified atom stereocenters. The van der Waals surface area contributed by atoms with Gasteiger partial charge in [-0.15, -0.1) is 0 Å². The maximum atomic E-state index is 12.5. The van der Waals surface area contributed by atoms with E-state index in [1.54, 1.807) is 0 Å². The van der Waals surface area contributed by atoms with Crippen molar-refractivity contribution in [1.29, 1.82) is 0 Å². The Morgan fingerprint density at radius 2 is 2.25 bits per heavy atom. The summed E-state index contributed by atoms with van der Waals surface area (Å²) in [6.07, 6.45) is -3.10. The molecule has 0 fully saturated rings. The largest absolute Gasteiger partial charge is 0.481 e. The number of carboxylic acid groups (broad SMARTS) is 1. The molecule has 0 aliphatic rings. The van der Waals surface area contributed by atoms with Gasteiger partial charge >= 0.3 is 5.97 Å². The van der Waals surface area contributed by atoms with Crippen LogP contribution < -0.4 is 5.73 Å². The van der Waals surface area contributed by atoms with Gasteiger partial charge in [-0.1, -0.05) is 0 Å². The lowest BCUT2D eigenvalue weighted by Crippen LogP contribution is -2.09. The lowest BCUT2D eigenvalue weighted by molar-refractivity contribution is -0.136. The number of hydrogen-bond donors (Lipinski definition) is 2. The zero-order valence-corrected chi connectivity index (χ0v) is 9.67. The van der Waals surface area contributed by atoms with Crippen molar-refractivity contribution >= 4 is 21.9 Å². The molecule has 1 aromatic heterocycles. The van der Waals surface area contributed by atoms with Crippen LogP contribution >= 0.6 is 15.9 Å². The van der Waals surface area contributed by atoms with Crippen LogP contribution in [0.3, 0.4) is 0 Å². The average Bonchev–Trinajstić information content (AvgIpc) is 2.20. The highest BCUT2D eigenvalue weighted by atomic mass is 79.9. The van der Waals surface area contributed by atoms with E-state index >= 15 is 0 Å². The fourth-order valence-electron chi connectivity index (χ4n) is 1.20. The summed E-state index contributed by atoms with van der Waals surface area (Å²) < 4.78 is 25.3. The van der Waals surface area contributed by atoms with Crippen LogP contribution in [-0.4, -0.2) is 16.1 Å². The van der Waals surface area contributed by atoms with Crippen LogP contribution in [0.25, 0.3) is 0 Å². The first-order valence-electron chi connectivity index (χ1n) is 4.34. The smallest absolute Gasteiger partial charge is 0.307 e. The lowest BCUT2D eigenvalue weighted by Gasteiger charge is -2.09.